The average Bonchev–Trinajstić information content (AvgIpc) is 2.40. The zero-order chi connectivity index (χ0) is 16.0. The number of halogens is 3. The van der Waals surface area contributed by atoms with Gasteiger partial charge in [-0.15, -0.1) is 0 Å². The molecule has 1 rings (SSSR count). The summed E-state index contributed by atoms with van der Waals surface area (Å²) >= 11 is 5.63. The van der Waals surface area contributed by atoms with E-state index in [1.807, 2.05) is 6.92 Å². The Morgan fingerprint density at radius 1 is 1.29 bits per heavy atom. The van der Waals surface area contributed by atoms with Crippen LogP contribution in [0.4, 0.5) is 4.39 Å². The van der Waals surface area contributed by atoms with Gasteiger partial charge in [0.2, 0.25) is 0 Å². The van der Waals surface area contributed by atoms with Crippen LogP contribution in [0.1, 0.15) is 23.7 Å². The highest BCUT2D eigenvalue weighted by Gasteiger charge is 2.21. The number of rotatable bonds is 7. The quantitative estimate of drug-likeness (QED) is 0.425. The number of esters is 1. The van der Waals surface area contributed by atoms with Crippen LogP contribution in [0.3, 0.4) is 0 Å². The molecule has 0 saturated carbocycles. The third kappa shape index (κ3) is 5.43. The zero-order valence-electron chi connectivity index (χ0n) is 11.1. The molecule has 0 aliphatic heterocycles. The maximum absolute atomic E-state index is 13.5. The second-order valence-corrected chi connectivity index (χ2v) is 6.90. The molecule has 5 nitrogen and oxygen atoms in total. The summed E-state index contributed by atoms with van der Waals surface area (Å²) in [4.78, 5) is 11.2. The van der Waals surface area contributed by atoms with Crippen LogP contribution >= 0.6 is 22.3 Å². The minimum Gasteiger partial charge on any atom is -0.460 e. The van der Waals surface area contributed by atoms with Gasteiger partial charge < -0.3 is 9.47 Å². The first-order chi connectivity index (χ1) is 9.77. The van der Waals surface area contributed by atoms with Gasteiger partial charge in [-0.1, -0.05) is 18.5 Å². The van der Waals surface area contributed by atoms with Gasteiger partial charge in [0.15, 0.2) is 0 Å². The maximum Gasteiger partial charge on any atom is 0.339 e. The fourth-order valence-corrected chi connectivity index (χ4v) is 2.33. The second kappa shape index (κ2) is 7.93. The molecule has 0 amide bonds. The molecule has 21 heavy (non-hydrogen) atoms. The van der Waals surface area contributed by atoms with E-state index in [0.29, 0.717) is 12.7 Å². The van der Waals surface area contributed by atoms with Crippen molar-refractivity contribution < 1.29 is 27.1 Å². The summed E-state index contributed by atoms with van der Waals surface area (Å²) in [5.41, 5.74) is -0.411. The van der Waals surface area contributed by atoms with E-state index in [1.54, 1.807) is 0 Å². The van der Waals surface area contributed by atoms with E-state index in [1.165, 1.54) is 0 Å². The minimum absolute atomic E-state index is 0.0609. The lowest BCUT2D eigenvalue weighted by atomic mass is 10.2. The Labute approximate surface area is 131 Å². The molecular formula is C12H13Cl2FO5S. The predicted octanol–water partition coefficient (Wildman–Crippen LogP) is 2.99. The van der Waals surface area contributed by atoms with Crippen LogP contribution in [0.5, 0.6) is 0 Å². The van der Waals surface area contributed by atoms with Gasteiger partial charge in [-0.2, -0.15) is 0 Å². The van der Waals surface area contributed by atoms with E-state index in [0.717, 1.165) is 12.5 Å². The van der Waals surface area contributed by atoms with Crippen LogP contribution in [-0.4, -0.2) is 34.2 Å². The molecule has 118 valence electrons. The smallest absolute Gasteiger partial charge is 0.339 e. The first-order valence-corrected chi connectivity index (χ1v) is 8.64. The van der Waals surface area contributed by atoms with Crippen molar-refractivity contribution in [2.24, 2.45) is 0 Å². The number of carbonyl (C=O) groups excluding carboxylic acids is 1. The molecule has 0 unspecified atom stereocenters. The summed E-state index contributed by atoms with van der Waals surface area (Å²) in [7, 11) is 0.922. The molecule has 0 radical (unpaired) electrons. The standard InChI is InChI=1S/C12H13Cl2FO5S/c1-2-3-19-4-5-20-12(16)9-6-8(21(14,17)18)7-10(15)11(9)13/h6-7H,2-5H2,1H3. The van der Waals surface area contributed by atoms with Gasteiger partial charge >= 0.3 is 5.97 Å². The normalized spacial score (nSPS) is 11.4. The van der Waals surface area contributed by atoms with E-state index < -0.39 is 36.3 Å². The van der Waals surface area contributed by atoms with Crippen LogP contribution in [-0.2, 0) is 18.5 Å². The molecule has 1 aromatic rings. The topological polar surface area (TPSA) is 69.7 Å². The Morgan fingerprint density at radius 2 is 1.95 bits per heavy atom. The Bertz CT molecular complexity index is 618. The highest BCUT2D eigenvalue weighted by Crippen LogP contribution is 2.26. The molecule has 1 aromatic carbocycles. The lowest BCUT2D eigenvalue weighted by Gasteiger charge is -2.08. The Hall–Kier alpha value is -0.890. The third-order valence-electron chi connectivity index (χ3n) is 2.31. The zero-order valence-corrected chi connectivity index (χ0v) is 13.4. The molecule has 0 spiro atoms. The third-order valence-corrected chi connectivity index (χ3v) is 4.03. The molecule has 0 aliphatic rings. The van der Waals surface area contributed by atoms with E-state index in [-0.39, 0.29) is 13.2 Å². The molecule has 0 aliphatic carbocycles. The molecular weight excluding hydrogens is 346 g/mol. The van der Waals surface area contributed by atoms with Crippen molar-refractivity contribution in [3.63, 3.8) is 0 Å². The van der Waals surface area contributed by atoms with Crippen molar-refractivity contribution in [3.8, 4) is 0 Å². The minimum atomic E-state index is -4.19. The number of hydrogen-bond acceptors (Lipinski definition) is 5. The van der Waals surface area contributed by atoms with Crippen LogP contribution in [0.15, 0.2) is 17.0 Å². The summed E-state index contributed by atoms with van der Waals surface area (Å²) in [6.07, 6.45) is 0.820. The van der Waals surface area contributed by atoms with Gasteiger partial charge in [0, 0.05) is 17.3 Å². The summed E-state index contributed by atoms with van der Waals surface area (Å²) < 4.78 is 45.8. The van der Waals surface area contributed by atoms with E-state index in [4.69, 9.17) is 31.8 Å². The largest absolute Gasteiger partial charge is 0.460 e. The molecule has 0 bridgehead atoms. The highest BCUT2D eigenvalue weighted by molar-refractivity contribution is 8.13. The molecule has 9 heteroatoms. The number of hydrogen-bond donors (Lipinski definition) is 0. The summed E-state index contributed by atoms with van der Waals surface area (Å²) in [6, 6.07) is 1.49. The van der Waals surface area contributed by atoms with Gasteiger partial charge in [-0.25, -0.2) is 17.6 Å². The average molecular weight is 359 g/mol. The first kappa shape index (κ1) is 18.2. The Balaban J connectivity index is 2.86. The number of carbonyl (C=O) groups is 1. The second-order valence-electron chi connectivity index (χ2n) is 3.95. The van der Waals surface area contributed by atoms with Gasteiger partial charge in [0.25, 0.3) is 9.05 Å². The van der Waals surface area contributed by atoms with E-state index in [2.05, 4.69) is 0 Å². The van der Waals surface area contributed by atoms with Crippen molar-refractivity contribution in [1.82, 2.24) is 0 Å². The van der Waals surface area contributed by atoms with Gasteiger partial charge in [0.05, 0.1) is 22.1 Å². The van der Waals surface area contributed by atoms with Gasteiger partial charge in [0.1, 0.15) is 12.4 Å². The predicted molar refractivity (Wildman–Crippen MR) is 75.8 cm³/mol. The van der Waals surface area contributed by atoms with E-state index in [9.17, 15) is 17.6 Å². The fourth-order valence-electron chi connectivity index (χ4n) is 1.37. The Kier molecular flexibility index (Phi) is 6.86. The highest BCUT2D eigenvalue weighted by atomic mass is 35.7. The molecule has 0 heterocycles. The first-order valence-electron chi connectivity index (χ1n) is 5.96. The van der Waals surface area contributed by atoms with Gasteiger partial charge in [-0.05, 0) is 18.6 Å². The molecule has 0 atom stereocenters. The van der Waals surface area contributed by atoms with Crippen LogP contribution < -0.4 is 0 Å². The van der Waals surface area contributed by atoms with E-state index >= 15 is 0 Å². The molecule has 0 fully saturated rings. The number of benzene rings is 1. The van der Waals surface area contributed by atoms with Crippen molar-refractivity contribution in [1.29, 1.82) is 0 Å². The molecule has 0 saturated heterocycles. The van der Waals surface area contributed by atoms with Crippen molar-refractivity contribution in [2.45, 2.75) is 18.2 Å². The monoisotopic (exact) mass is 358 g/mol. The molecule has 0 aromatic heterocycles. The lowest BCUT2D eigenvalue weighted by Crippen LogP contribution is -2.12. The lowest BCUT2D eigenvalue weighted by molar-refractivity contribution is 0.0318. The van der Waals surface area contributed by atoms with Crippen molar-refractivity contribution in [3.05, 3.63) is 28.5 Å². The summed E-state index contributed by atoms with van der Waals surface area (Å²) in [6.45, 7) is 2.56. The van der Waals surface area contributed by atoms with Crippen molar-refractivity contribution in [2.75, 3.05) is 19.8 Å². The SMILES string of the molecule is CCCOCCOC(=O)c1cc(S(=O)(=O)Cl)cc(F)c1Cl. The number of ether oxygens (including phenoxy) is 2. The fraction of sp³-hybridized carbons (Fsp3) is 0.417. The maximum atomic E-state index is 13.5. The molecule has 0 N–H and O–H groups in total. The summed E-state index contributed by atoms with van der Waals surface area (Å²) in [5, 5.41) is -0.529. The van der Waals surface area contributed by atoms with Crippen molar-refractivity contribution >= 4 is 37.3 Å². The summed E-state index contributed by atoms with van der Waals surface area (Å²) in [5.74, 6) is -2.03. The van der Waals surface area contributed by atoms with Gasteiger partial charge in [-0.3, -0.25) is 0 Å². The van der Waals surface area contributed by atoms with Crippen LogP contribution in [0.25, 0.3) is 0 Å². The van der Waals surface area contributed by atoms with Crippen LogP contribution in [0, 0.1) is 5.82 Å². The van der Waals surface area contributed by atoms with Crippen LogP contribution in [0.2, 0.25) is 5.02 Å². The Morgan fingerprint density at radius 3 is 2.52 bits per heavy atom.